The fourth-order valence-corrected chi connectivity index (χ4v) is 1.27. The Balaban J connectivity index is 3.35. The second kappa shape index (κ2) is 4.06. The van der Waals surface area contributed by atoms with Crippen molar-refractivity contribution in [2.45, 2.75) is 13.0 Å². The van der Waals surface area contributed by atoms with Gasteiger partial charge in [0.05, 0.1) is 17.6 Å². The normalized spacial score (nSPS) is 12.2. The van der Waals surface area contributed by atoms with Gasteiger partial charge in [-0.1, -0.05) is 12.1 Å². The van der Waals surface area contributed by atoms with Crippen LogP contribution in [0.5, 0.6) is 5.75 Å². The average molecular weight is 196 g/mol. The Morgan fingerprint density at radius 3 is 2.64 bits per heavy atom. The molecule has 0 aliphatic heterocycles. The van der Waals surface area contributed by atoms with E-state index in [9.17, 15) is 10.1 Å². The molecule has 5 heteroatoms. The minimum atomic E-state index is -0.475. The molecule has 1 rings (SSSR count). The summed E-state index contributed by atoms with van der Waals surface area (Å²) in [7, 11) is 1.40. The number of methoxy groups -OCH3 is 1. The second-order valence-electron chi connectivity index (χ2n) is 2.94. The van der Waals surface area contributed by atoms with Gasteiger partial charge in [0.25, 0.3) is 0 Å². The lowest BCUT2D eigenvalue weighted by Crippen LogP contribution is -2.08. The van der Waals surface area contributed by atoms with Crippen LogP contribution in [0.2, 0.25) is 0 Å². The Kier molecular flexibility index (Phi) is 3.03. The molecule has 1 aromatic rings. The number of nitro groups is 1. The van der Waals surface area contributed by atoms with Crippen molar-refractivity contribution >= 4 is 5.69 Å². The number of rotatable bonds is 3. The van der Waals surface area contributed by atoms with Gasteiger partial charge in [-0.15, -0.1) is 0 Å². The van der Waals surface area contributed by atoms with E-state index in [0.29, 0.717) is 5.56 Å². The first-order valence-corrected chi connectivity index (χ1v) is 4.14. The van der Waals surface area contributed by atoms with Crippen LogP contribution in [0, 0.1) is 10.1 Å². The summed E-state index contributed by atoms with van der Waals surface area (Å²) in [5.74, 6) is 0.241. The van der Waals surface area contributed by atoms with Crippen molar-refractivity contribution < 1.29 is 9.66 Å². The van der Waals surface area contributed by atoms with E-state index in [2.05, 4.69) is 0 Å². The molecular weight excluding hydrogens is 184 g/mol. The summed E-state index contributed by atoms with van der Waals surface area (Å²) in [6.45, 7) is 1.70. The minimum Gasteiger partial charge on any atom is -0.490 e. The van der Waals surface area contributed by atoms with Gasteiger partial charge in [0, 0.05) is 6.04 Å². The van der Waals surface area contributed by atoms with Gasteiger partial charge in [-0.25, -0.2) is 0 Å². The highest BCUT2D eigenvalue weighted by Crippen LogP contribution is 2.33. The van der Waals surface area contributed by atoms with Gasteiger partial charge in [-0.05, 0) is 13.0 Å². The predicted octanol–water partition coefficient (Wildman–Crippen LogP) is 1.62. The molecule has 0 fully saturated rings. The van der Waals surface area contributed by atoms with Crippen LogP contribution in [-0.2, 0) is 0 Å². The van der Waals surface area contributed by atoms with Gasteiger partial charge in [-0.3, -0.25) is 10.1 Å². The Morgan fingerprint density at radius 1 is 1.57 bits per heavy atom. The molecule has 0 saturated carbocycles. The zero-order valence-electron chi connectivity index (χ0n) is 8.06. The average Bonchev–Trinajstić information content (AvgIpc) is 2.16. The highest BCUT2D eigenvalue weighted by atomic mass is 16.6. The third-order valence-corrected chi connectivity index (χ3v) is 1.92. The molecule has 0 heterocycles. The van der Waals surface area contributed by atoms with Crippen LogP contribution in [0.15, 0.2) is 18.2 Å². The minimum absolute atomic E-state index is 0.0509. The first-order valence-electron chi connectivity index (χ1n) is 4.14. The Bertz CT molecular complexity index is 350. The van der Waals surface area contributed by atoms with E-state index in [4.69, 9.17) is 10.5 Å². The fourth-order valence-electron chi connectivity index (χ4n) is 1.27. The van der Waals surface area contributed by atoms with Gasteiger partial charge < -0.3 is 10.5 Å². The zero-order chi connectivity index (χ0) is 10.7. The third kappa shape index (κ3) is 1.82. The highest BCUT2D eigenvalue weighted by Gasteiger charge is 2.21. The van der Waals surface area contributed by atoms with Crippen molar-refractivity contribution in [1.82, 2.24) is 0 Å². The third-order valence-electron chi connectivity index (χ3n) is 1.92. The van der Waals surface area contributed by atoms with Gasteiger partial charge in [0.15, 0.2) is 5.75 Å². The van der Waals surface area contributed by atoms with E-state index in [0.717, 1.165) is 0 Å². The number of hydrogen-bond acceptors (Lipinski definition) is 4. The topological polar surface area (TPSA) is 78.4 Å². The molecule has 1 aromatic carbocycles. The van der Waals surface area contributed by atoms with Crippen LogP contribution in [-0.4, -0.2) is 12.0 Å². The van der Waals surface area contributed by atoms with Gasteiger partial charge >= 0.3 is 5.69 Å². The van der Waals surface area contributed by atoms with E-state index in [1.54, 1.807) is 25.1 Å². The molecule has 0 spiro atoms. The lowest BCUT2D eigenvalue weighted by molar-refractivity contribution is -0.386. The van der Waals surface area contributed by atoms with Crippen LogP contribution in [0.4, 0.5) is 5.69 Å². The maximum absolute atomic E-state index is 10.8. The van der Waals surface area contributed by atoms with Crippen molar-refractivity contribution in [3.8, 4) is 5.75 Å². The molecular formula is C9H12N2O3. The lowest BCUT2D eigenvalue weighted by Gasteiger charge is -2.08. The van der Waals surface area contributed by atoms with Crippen LogP contribution < -0.4 is 10.5 Å². The molecule has 0 aromatic heterocycles. The summed E-state index contributed by atoms with van der Waals surface area (Å²) < 4.78 is 4.90. The summed E-state index contributed by atoms with van der Waals surface area (Å²) >= 11 is 0. The summed E-state index contributed by atoms with van der Waals surface area (Å²) in [6.07, 6.45) is 0. The Hall–Kier alpha value is -1.62. The fraction of sp³-hybridized carbons (Fsp3) is 0.333. The van der Waals surface area contributed by atoms with Crippen LogP contribution in [0.3, 0.4) is 0 Å². The first kappa shape index (κ1) is 10.5. The van der Waals surface area contributed by atoms with Gasteiger partial charge in [0.2, 0.25) is 0 Å². The van der Waals surface area contributed by atoms with E-state index in [-0.39, 0.29) is 17.5 Å². The molecule has 0 aliphatic rings. The van der Waals surface area contributed by atoms with E-state index < -0.39 is 4.92 Å². The summed E-state index contributed by atoms with van der Waals surface area (Å²) in [4.78, 5) is 10.3. The molecule has 0 aliphatic carbocycles. The van der Waals surface area contributed by atoms with Crippen LogP contribution in [0.1, 0.15) is 18.5 Å². The van der Waals surface area contributed by atoms with Crippen molar-refractivity contribution in [3.05, 3.63) is 33.9 Å². The smallest absolute Gasteiger partial charge is 0.315 e. The molecule has 0 unspecified atom stereocenters. The Morgan fingerprint density at radius 2 is 2.21 bits per heavy atom. The molecule has 2 N–H and O–H groups in total. The Labute approximate surface area is 81.6 Å². The summed E-state index contributed by atoms with van der Waals surface area (Å²) in [5.41, 5.74) is 6.05. The molecule has 0 bridgehead atoms. The molecule has 14 heavy (non-hydrogen) atoms. The second-order valence-corrected chi connectivity index (χ2v) is 2.94. The van der Waals surface area contributed by atoms with Crippen LogP contribution in [0.25, 0.3) is 0 Å². The largest absolute Gasteiger partial charge is 0.490 e. The van der Waals surface area contributed by atoms with E-state index in [1.165, 1.54) is 7.11 Å². The number of hydrogen-bond donors (Lipinski definition) is 1. The van der Waals surface area contributed by atoms with E-state index in [1.807, 2.05) is 0 Å². The molecule has 0 radical (unpaired) electrons. The first-order chi connectivity index (χ1) is 6.57. The van der Waals surface area contributed by atoms with Crippen molar-refractivity contribution in [2.24, 2.45) is 5.73 Å². The maximum Gasteiger partial charge on any atom is 0.315 e. The molecule has 0 amide bonds. The number of nitrogens with two attached hydrogens (primary N) is 1. The monoisotopic (exact) mass is 196 g/mol. The van der Waals surface area contributed by atoms with Crippen molar-refractivity contribution in [2.75, 3.05) is 7.11 Å². The standard InChI is InChI=1S/C9H12N2O3/c1-6(10)7-4-3-5-8(14-2)9(7)11(12)13/h3-6H,10H2,1-2H3/t6-/m1/s1. The maximum atomic E-state index is 10.8. The number of benzene rings is 1. The molecule has 0 saturated heterocycles. The SMILES string of the molecule is COc1cccc([C@@H](C)N)c1[N+](=O)[O-]. The molecule has 76 valence electrons. The van der Waals surface area contributed by atoms with Crippen molar-refractivity contribution in [1.29, 1.82) is 0 Å². The number of nitrogens with zero attached hydrogens (tertiary/aromatic N) is 1. The predicted molar refractivity (Wildman–Crippen MR) is 52.3 cm³/mol. The van der Waals surface area contributed by atoms with Crippen LogP contribution >= 0.6 is 0 Å². The molecule has 5 nitrogen and oxygen atoms in total. The zero-order valence-corrected chi connectivity index (χ0v) is 8.06. The number of nitro benzene ring substituents is 1. The molecule has 1 atom stereocenters. The van der Waals surface area contributed by atoms with Gasteiger partial charge in [0.1, 0.15) is 0 Å². The summed E-state index contributed by atoms with van der Waals surface area (Å²) in [5, 5.41) is 10.8. The quantitative estimate of drug-likeness (QED) is 0.588. The highest BCUT2D eigenvalue weighted by molar-refractivity contribution is 5.53. The number of ether oxygens (including phenoxy) is 1. The van der Waals surface area contributed by atoms with E-state index >= 15 is 0 Å². The summed E-state index contributed by atoms with van der Waals surface area (Å²) in [6, 6.07) is 4.48. The number of para-hydroxylation sites is 1. The van der Waals surface area contributed by atoms with Crippen molar-refractivity contribution in [3.63, 3.8) is 0 Å². The lowest BCUT2D eigenvalue weighted by atomic mass is 10.1. The van der Waals surface area contributed by atoms with Gasteiger partial charge in [-0.2, -0.15) is 0 Å².